The molecule has 9 bridgehead atoms. The lowest BCUT2D eigenvalue weighted by molar-refractivity contribution is -0.0328. The number of nitrogens with zero attached hydrogens (tertiary/aromatic N) is 5. The van der Waals surface area contributed by atoms with E-state index in [1.165, 1.54) is 0 Å². The summed E-state index contributed by atoms with van der Waals surface area (Å²) in [5.41, 5.74) is 2.80. The lowest BCUT2D eigenvalue weighted by atomic mass is 9.87. The second-order valence-electron chi connectivity index (χ2n) is 12.0. The third kappa shape index (κ3) is 4.85. The third-order valence-corrected chi connectivity index (χ3v) is 11.0. The van der Waals surface area contributed by atoms with E-state index in [0.717, 1.165) is 80.9 Å². The molecule has 12 heteroatoms. The minimum Gasteiger partial charge on any atom is -0.416 e. The van der Waals surface area contributed by atoms with Gasteiger partial charge in [-0.15, -0.1) is 10.2 Å². The molecule has 4 fully saturated rings. The highest BCUT2D eigenvalue weighted by atomic mass is 32.2. The normalized spacial score (nSPS) is 27.7. The van der Waals surface area contributed by atoms with E-state index in [2.05, 4.69) is 29.7 Å². The number of hydrogen-bond donors (Lipinski definition) is 1. The molecule has 1 spiro atoms. The minimum atomic E-state index is -3.40. The number of fused-ring (bicyclic) bond motifs is 2. The number of rotatable bonds is 3. The maximum absolute atomic E-state index is 12.7. The van der Waals surface area contributed by atoms with Crippen LogP contribution in [0, 0.1) is 0 Å². The van der Waals surface area contributed by atoms with Crippen LogP contribution in [0.5, 0.6) is 0 Å². The molecular weight excluding hydrogens is 544 g/mol. The number of pyridine rings is 1. The smallest absolute Gasteiger partial charge is 0.250 e. The Morgan fingerprint density at radius 3 is 2.66 bits per heavy atom. The predicted octanol–water partition coefficient (Wildman–Crippen LogP) is 3.83. The van der Waals surface area contributed by atoms with Gasteiger partial charge in [0.15, 0.2) is 0 Å². The first-order chi connectivity index (χ1) is 19.9. The van der Waals surface area contributed by atoms with Crippen LogP contribution in [0.3, 0.4) is 0 Å². The summed E-state index contributed by atoms with van der Waals surface area (Å²) in [7, 11) is -3.40. The lowest BCUT2D eigenvalue weighted by Crippen LogP contribution is -2.45. The summed E-state index contributed by atoms with van der Waals surface area (Å²) < 4.78 is 47.6. The largest absolute Gasteiger partial charge is 0.416 e. The number of sulfonamides is 1. The maximum Gasteiger partial charge on any atom is 0.250 e. The molecule has 2 atom stereocenters. The minimum absolute atomic E-state index is 0.0911. The summed E-state index contributed by atoms with van der Waals surface area (Å²) >= 11 is 0. The van der Waals surface area contributed by atoms with E-state index in [1.54, 1.807) is 12.3 Å². The van der Waals surface area contributed by atoms with Gasteiger partial charge in [0.25, 0.3) is 0 Å². The van der Waals surface area contributed by atoms with E-state index < -0.39 is 10.0 Å². The first-order valence-electron chi connectivity index (χ1n) is 14.7. The van der Waals surface area contributed by atoms with Crippen molar-refractivity contribution in [2.24, 2.45) is 0 Å². The first-order valence-corrected chi connectivity index (χ1v) is 16.2. The van der Waals surface area contributed by atoms with E-state index in [0.29, 0.717) is 36.9 Å². The van der Waals surface area contributed by atoms with E-state index >= 15 is 0 Å². The Kier molecular flexibility index (Phi) is 6.01. The molecule has 6 aliphatic rings. The average Bonchev–Trinajstić information content (AvgIpc) is 3.63. The molecule has 3 saturated heterocycles. The molecule has 1 aliphatic carbocycles. The Bertz CT molecular complexity index is 1570. The summed E-state index contributed by atoms with van der Waals surface area (Å²) in [5.74, 6) is 1.69. The molecule has 1 N–H and O–H groups in total. The Labute approximate surface area is 239 Å². The zero-order chi connectivity index (χ0) is 27.6. The molecule has 0 unspecified atom stereocenters. The molecule has 0 amide bonds. The molecule has 1 saturated carbocycles. The number of anilines is 3. The molecule has 1 aromatic carbocycles. The van der Waals surface area contributed by atoms with Crippen LogP contribution in [0.25, 0.3) is 22.9 Å². The van der Waals surface area contributed by atoms with Crippen LogP contribution in [0.2, 0.25) is 0 Å². The summed E-state index contributed by atoms with van der Waals surface area (Å²) in [6.07, 6.45) is 8.13. The second kappa shape index (κ2) is 9.67. The van der Waals surface area contributed by atoms with Crippen molar-refractivity contribution in [3.8, 4) is 22.9 Å². The van der Waals surface area contributed by atoms with Crippen molar-refractivity contribution >= 4 is 27.2 Å². The maximum atomic E-state index is 12.7. The molecule has 7 heterocycles. The summed E-state index contributed by atoms with van der Waals surface area (Å²) in [5, 5.41) is 8.52. The van der Waals surface area contributed by atoms with Crippen LogP contribution >= 0.6 is 0 Å². The fraction of sp³-hybridized carbons (Fsp3) is 0.552. The fourth-order valence-corrected chi connectivity index (χ4v) is 8.14. The van der Waals surface area contributed by atoms with Gasteiger partial charge in [0.2, 0.25) is 21.8 Å². The van der Waals surface area contributed by atoms with Crippen LogP contribution in [0.4, 0.5) is 17.2 Å². The lowest BCUT2D eigenvalue weighted by Gasteiger charge is -2.40. The van der Waals surface area contributed by atoms with Crippen molar-refractivity contribution in [1.82, 2.24) is 15.2 Å². The number of nitrogens with one attached hydrogen (secondary N) is 1. The molecule has 3 aromatic rings. The van der Waals surface area contributed by atoms with Crippen LogP contribution < -0.4 is 14.5 Å². The number of benzene rings is 1. The molecular formula is C29H34N6O5S. The van der Waals surface area contributed by atoms with Gasteiger partial charge in [-0.3, -0.25) is 4.72 Å². The Hall–Kier alpha value is -3.22. The van der Waals surface area contributed by atoms with Gasteiger partial charge in [-0.05, 0) is 68.9 Å². The molecule has 2 aromatic heterocycles. The SMILES string of the molecule is O=S(=O)(Nc1ccc2c(c1)N1CCC3(CC1)C[C@H](CO3)O[C@@H]1CCCN(C1)c1cc(ccn1)-c1nnc-2o1)C1CC1. The monoisotopic (exact) mass is 578 g/mol. The van der Waals surface area contributed by atoms with E-state index in [-0.39, 0.29) is 23.1 Å². The van der Waals surface area contributed by atoms with Gasteiger partial charge in [-0.25, -0.2) is 13.4 Å². The number of hydrogen-bond acceptors (Lipinski definition) is 10. The van der Waals surface area contributed by atoms with Gasteiger partial charge in [0.05, 0.1) is 46.6 Å². The summed E-state index contributed by atoms with van der Waals surface area (Å²) in [4.78, 5) is 9.21. The average molecular weight is 579 g/mol. The standard InChI is InChI=1S/C29H34N6O5S/c36-41(37,23-4-5-23)33-20-3-6-24-25(15-20)34-12-8-29(9-13-34)16-22(18-38-29)39-21-2-1-11-35(17-21)26-14-19(7-10-30-26)27-31-32-28(24)40-27/h3,6-7,10,14-15,21-23,33H,1-2,4-5,8-9,11-13,16-18H2/t21-,22-/m1/s1. The van der Waals surface area contributed by atoms with Crippen molar-refractivity contribution in [3.63, 3.8) is 0 Å². The number of ether oxygens (including phenoxy) is 2. The van der Waals surface area contributed by atoms with Crippen molar-refractivity contribution < 1.29 is 22.3 Å². The Morgan fingerprint density at radius 2 is 1.80 bits per heavy atom. The van der Waals surface area contributed by atoms with Crippen molar-refractivity contribution in [1.29, 1.82) is 0 Å². The zero-order valence-corrected chi connectivity index (χ0v) is 23.7. The van der Waals surface area contributed by atoms with Gasteiger partial charge in [0, 0.05) is 44.4 Å². The highest BCUT2D eigenvalue weighted by molar-refractivity contribution is 7.93. The molecule has 5 aliphatic heterocycles. The quantitative estimate of drug-likeness (QED) is 0.491. The van der Waals surface area contributed by atoms with Gasteiger partial charge >= 0.3 is 0 Å². The molecule has 0 radical (unpaired) electrons. The number of piperidine rings is 2. The van der Waals surface area contributed by atoms with Crippen LogP contribution in [0.1, 0.15) is 44.9 Å². The second-order valence-corrected chi connectivity index (χ2v) is 14.0. The van der Waals surface area contributed by atoms with Gasteiger partial charge in [0.1, 0.15) is 5.82 Å². The van der Waals surface area contributed by atoms with Crippen molar-refractivity contribution in [2.75, 3.05) is 47.3 Å². The summed E-state index contributed by atoms with van der Waals surface area (Å²) in [6.45, 7) is 3.88. The first kappa shape index (κ1) is 25.5. The van der Waals surface area contributed by atoms with Gasteiger partial charge in [-0.1, -0.05) is 0 Å². The highest BCUT2D eigenvalue weighted by Gasteiger charge is 2.44. The predicted molar refractivity (Wildman–Crippen MR) is 153 cm³/mol. The van der Waals surface area contributed by atoms with Crippen molar-refractivity contribution in [3.05, 3.63) is 36.5 Å². The highest BCUT2D eigenvalue weighted by Crippen LogP contribution is 2.42. The van der Waals surface area contributed by atoms with Crippen LogP contribution in [0.15, 0.2) is 40.9 Å². The van der Waals surface area contributed by atoms with Gasteiger partial charge in [-0.2, -0.15) is 0 Å². The summed E-state index contributed by atoms with van der Waals surface area (Å²) in [6, 6.07) is 9.43. The Balaban J connectivity index is 1.19. The molecule has 41 heavy (non-hydrogen) atoms. The Morgan fingerprint density at radius 1 is 0.951 bits per heavy atom. The fourth-order valence-electron chi connectivity index (χ4n) is 6.76. The van der Waals surface area contributed by atoms with E-state index in [4.69, 9.17) is 13.9 Å². The molecule has 9 rings (SSSR count). The van der Waals surface area contributed by atoms with Crippen LogP contribution in [-0.4, -0.2) is 79.4 Å². The topological polar surface area (TPSA) is 123 Å². The molecule has 216 valence electrons. The molecule has 11 nitrogen and oxygen atoms in total. The van der Waals surface area contributed by atoms with Crippen LogP contribution in [-0.2, 0) is 19.5 Å². The van der Waals surface area contributed by atoms with E-state index in [9.17, 15) is 8.42 Å². The van der Waals surface area contributed by atoms with Gasteiger partial charge < -0.3 is 23.7 Å². The number of aromatic nitrogens is 3. The zero-order valence-electron chi connectivity index (χ0n) is 22.9. The van der Waals surface area contributed by atoms with E-state index in [1.807, 2.05) is 24.3 Å². The van der Waals surface area contributed by atoms with Crippen molar-refractivity contribution in [2.45, 2.75) is 68.0 Å². The third-order valence-electron chi connectivity index (χ3n) is 9.15.